The fourth-order valence-electron chi connectivity index (χ4n) is 4.79. The van der Waals surface area contributed by atoms with Crippen LogP contribution >= 0.6 is 0 Å². The summed E-state index contributed by atoms with van der Waals surface area (Å²) in [5, 5.41) is 21.9. The standard InChI is InChI=1S/C20H28N10O2.C2HF3O2/c1-12(2)5-7-29-16-17(22-19(29)28-8-6-13-9-21-10-14(13)28)26(3)20(32)30(18(16)31)11-15-23-24-25-27(15)4;3-2(4,5)1(6)7/h5,13-14,21H,6-11H2,1-4H3;(H,6,7). The maximum absolute atomic E-state index is 13.6. The van der Waals surface area contributed by atoms with Gasteiger partial charge in [0.15, 0.2) is 17.0 Å². The SMILES string of the molecule is CC(C)=CCn1c(N2CCC3CNCC32)nc2c1c(=O)n(Cc1nnnn1C)c(=O)n2C.O=C(O)C(F)(F)F. The number of carboxylic acid groups (broad SMARTS) is 1. The smallest absolute Gasteiger partial charge is 0.475 e. The first-order chi connectivity index (χ1) is 18.3. The molecule has 2 N–H and O–H groups in total. The lowest BCUT2D eigenvalue weighted by atomic mass is 10.1. The monoisotopic (exact) mass is 554 g/mol. The number of alkyl halides is 3. The predicted molar refractivity (Wildman–Crippen MR) is 132 cm³/mol. The van der Waals surface area contributed by atoms with E-state index in [1.54, 1.807) is 14.1 Å². The fraction of sp³-hybridized carbons (Fsp3) is 0.591. The Kier molecular flexibility index (Phi) is 7.63. The van der Waals surface area contributed by atoms with E-state index in [1.807, 2.05) is 18.4 Å². The number of hydrogen-bond donors (Lipinski definition) is 2. The van der Waals surface area contributed by atoms with Gasteiger partial charge in [-0.1, -0.05) is 11.6 Å². The molecule has 0 radical (unpaired) electrons. The molecule has 17 heteroatoms. The van der Waals surface area contributed by atoms with Crippen LogP contribution in [-0.2, 0) is 32.0 Å². The van der Waals surface area contributed by atoms with E-state index in [0.717, 1.165) is 37.6 Å². The van der Waals surface area contributed by atoms with Gasteiger partial charge in [0.1, 0.15) is 0 Å². The van der Waals surface area contributed by atoms with Crippen LogP contribution in [0.4, 0.5) is 19.1 Å². The second-order valence-electron chi connectivity index (χ2n) is 9.70. The van der Waals surface area contributed by atoms with Crippen LogP contribution in [0.2, 0.25) is 0 Å². The Balaban J connectivity index is 0.000000448. The summed E-state index contributed by atoms with van der Waals surface area (Å²) in [6.45, 7) is 7.36. The first-order valence-corrected chi connectivity index (χ1v) is 12.1. The molecule has 14 nitrogen and oxygen atoms in total. The second-order valence-corrected chi connectivity index (χ2v) is 9.70. The molecule has 39 heavy (non-hydrogen) atoms. The molecule has 0 saturated carbocycles. The molecule has 5 heterocycles. The van der Waals surface area contributed by atoms with Gasteiger partial charge in [0, 0.05) is 46.3 Å². The number of aliphatic carboxylic acids is 1. The quantitative estimate of drug-likeness (QED) is 0.407. The lowest BCUT2D eigenvalue weighted by Gasteiger charge is -2.25. The molecule has 2 atom stereocenters. The molecule has 2 unspecified atom stereocenters. The van der Waals surface area contributed by atoms with Crippen LogP contribution in [-0.4, -0.2) is 81.8 Å². The Labute approximate surface area is 219 Å². The van der Waals surface area contributed by atoms with Gasteiger partial charge < -0.3 is 19.9 Å². The number of halogens is 3. The topological polar surface area (TPSA) is 158 Å². The van der Waals surface area contributed by atoms with Crippen molar-refractivity contribution in [2.45, 2.75) is 45.6 Å². The number of allylic oxidation sites excluding steroid dienone is 2. The van der Waals surface area contributed by atoms with Gasteiger partial charge in [0.2, 0.25) is 5.95 Å². The van der Waals surface area contributed by atoms with Gasteiger partial charge in [-0.15, -0.1) is 5.10 Å². The Bertz CT molecular complexity index is 1530. The van der Waals surface area contributed by atoms with Crippen LogP contribution in [0.3, 0.4) is 0 Å². The van der Waals surface area contributed by atoms with Crippen molar-refractivity contribution < 1.29 is 23.1 Å². The number of aromatic nitrogens is 8. The number of tetrazole rings is 1. The summed E-state index contributed by atoms with van der Waals surface area (Å²) in [5.41, 5.74) is 1.15. The Hall–Kier alpha value is -4.02. The van der Waals surface area contributed by atoms with Crippen molar-refractivity contribution in [2.75, 3.05) is 24.5 Å². The van der Waals surface area contributed by atoms with Crippen LogP contribution in [0.25, 0.3) is 11.2 Å². The highest BCUT2D eigenvalue weighted by Crippen LogP contribution is 2.32. The minimum atomic E-state index is -5.08. The molecular weight excluding hydrogens is 525 g/mol. The molecule has 2 aliphatic rings. The number of imidazole rings is 1. The summed E-state index contributed by atoms with van der Waals surface area (Å²) in [4.78, 5) is 42.8. The highest BCUT2D eigenvalue weighted by atomic mass is 19.4. The Morgan fingerprint density at radius 3 is 2.46 bits per heavy atom. The molecule has 0 aliphatic carbocycles. The van der Waals surface area contributed by atoms with E-state index < -0.39 is 17.8 Å². The number of rotatable bonds is 5. The van der Waals surface area contributed by atoms with Gasteiger partial charge >= 0.3 is 17.8 Å². The number of fused-ring (bicyclic) bond motifs is 2. The highest BCUT2D eigenvalue weighted by Gasteiger charge is 2.40. The van der Waals surface area contributed by atoms with E-state index in [9.17, 15) is 22.8 Å². The number of nitrogens with one attached hydrogen (secondary N) is 1. The van der Waals surface area contributed by atoms with Crippen molar-refractivity contribution in [2.24, 2.45) is 20.0 Å². The molecule has 2 aliphatic heterocycles. The third kappa shape index (κ3) is 5.43. The molecule has 2 saturated heterocycles. The average molecular weight is 555 g/mol. The van der Waals surface area contributed by atoms with Gasteiger partial charge in [-0.25, -0.2) is 14.3 Å². The number of anilines is 1. The van der Waals surface area contributed by atoms with Crippen LogP contribution in [0.15, 0.2) is 21.2 Å². The molecular formula is C22H29F3N10O4. The minimum absolute atomic E-state index is 0.00750. The zero-order valence-corrected chi connectivity index (χ0v) is 21.8. The van der Waals surface area contributed by atoms with E-state index >= 15 is 0 Å². The van der Waals surface area contributed by atoms with Gasteiger partial charge in [-0.2, -0.15) is 18.2 Å². The van der Waals surface area contributed by atoms with Crippen molar-refractivity contribution in [3.63, 3.8) is 0 Å². The molecule has 5 rings (SSSR count). The zero-order valence-electron chi connectivity index (χ0n) is 21.8. The van der Waals surface area contributed by atoms with Crippen molar-refractivity contribution in [1.29, 1.82) is 0 Å². The number of aryl methyl sites for hydroxylation is 2. The first-order valence-electron chi connectivity index (χ1n) is 12.1. The zero-order chi connectivity index (χ0) is 28.6. The fourth-order valence-corrected chi connectivity index (χ4v) is 4.79. The van der Waals surface area contributed by atoms with Crippen molar-refractivity contribution in [3.05, 3.63) is 38.3 Å². The van der Waals surface area contributed by atoms with Crippen molar-refractivity contribution >= 4 is 23.1 Å². The van der Waals surface area contributed by atoms with Crippen LogP contribution < -0.4 is 21.5 Å². The first kappa shape index (κ1) is 28.0. The van der Waals surface area contributed by atoms with E-state index in [-0.39, 0.29) is 12.1 Å². The summed E-state index contributed by atoms with van der Waals surface area (Å²) >= 11 is 0. The van der Waals surface area contributed by atoms with Gasteiger partial charge in [-0.05, 0) is 36.6 Å². The summed E-state index contributed by atoms with van der Waals surface area (Å²) in [6.07, 6.45) is -1.92. The van der Waals surface area contributed by atoms with Crippen LogP contribution in [0, 0.1) is 5.92 Å². The summed E-state index contributed by atoms with van der Waals surface area (Å²) in [5.74, 6) is -1.000. The predicted octanol–water partition coefficient (Wildman–Crippen LogP) is -0.134. The van der Waals surface area contributed by atoms with E-state index in [2.05, 4.69) is 31.8 Å². The maximum atomic E-state index is 13.6. The number of nitrogens with zero attached hydrogens (tertiary/aromatic N) is 9. The molecule has 0 bridgehead atoms. The van der Waals surface area contributed by atoms with E-state index in [4.69, 9.17) is 14.9 Å². The number of carbonyl (C=O) groups is 1. The van der Waals surface area contributed by atoms with Gasteiger partial charge in [0.25, 0.3) is 5.56 Å². The number of hydrogen-bond acceptors (Lipinski definition) is 9. The Morgan fingerprint density at radius 1 is 1.18 bits per heavy atom. The third-order valence-electron chi connectivity index (χ3n) is 6.85. The normalized spacial score (nSPS) is 18.7. The van der Waals surface area contributed by atoms with E-state index in [0.29, 0.717) is 35.5 Å². The maximum Gasteiger partial charge on any atom is 0.490 e. The molecule has 212 valence electrons. The second kappa shape index (κ2) is 10.6. The van der Waals surface area contributed by atoms with Crippen molar-refractivity contribution in [1.82, 2.24) is 44.2 Å². The lowest BCUT2D eigenvalue weighted by Crippen LogP contribution is -2.40. The average Bonchev–Trinajstić information content (AvgIpc) is 3.63. The van der Waals surface area contributed by atoms with E-state index in [1.165, 1.54) is 13.8 Å². The molecule has 2 fully saturated rings. The molecule has 0 spiro atoms. The Morgan fingerprint density at radius 2 is 1.87 bits per heavy atom. The summed E-state index contributed by atoms with van der Waals surface area (Å²) < 4.78 is 37.8. The summed E-state index contributed by atoms with van der Waals surface area (Å²) in [7, 11) is 3.33. The third-order valence-corrected chi connectivity index (χ3v) is 6.85. The molecule has 3 aromatic heterocycles. The molecule has 0 amide bonds. The lowest BCUT2D eigenvalue weighted by molar-refractivity contribution is -0.192. The van der Waals surface area contributed by atoms with Crippen LogP contribution in [0.1, 0.15) is 26.1 Å². The largest absolute Gasteiger partial charge is 0.490 e. The van der Waals surface area contributed by atoms with Gasteiger partial charge in [-0.3, -0.25) is 13.9 Å². The van der Waals surface area contributed by atoms with Gasteiger partial charge in [0.05, 0.1) is 6.54 Å². The molecule has 0 aromatic carbocycles. The highest BCUT2D eigenvalue weighted by molar-refractivity contribution is 5.75. The molecule has 3 aromatic rings. The van der Waals surface area contributed by atoms with Crippen molar-refractivity contribution in [3.8, 4) is 0 Å². The van der Waals surface area contributed by atoms with Crippen LogP contribution in [0.5, 0.6) is 0 Å². The number of carboxylic acids is 1. The summed E-state index contributed by atoms with van der Waals surface area (Å²) in [6, 6.07) is 0.348. The minimum Gasteiger partial charge on any atom is -0.475 e.